The van der Waals surface area contributed by atoms with Gasteiger partial charge in [-0.25, -0.2) is 8.42 Å². The first-order valence-electron chi connectivity index (χ1n) is 10.1. The lowest BCUT2D eigenvalue weighted by atomic mass is 10.1. The summed E-state index contributed by atoms with van der Waals surface area (Å²) in [6.07, 6.45) is 1.70. The highest BCUT2D eigenvalue weighted by Gasteiger charge is 2.19. The zero-order valence-corrected chi connectivity index (χ0v) is 19.6. The Bertz CT molecular complexity index is 1250. The molecule has 0 bridgehead atoms. The van der Waals surface area contributed by atoms with Crippen LogP contribution in [0, 0.1) is 27.7 Å². The maximum atomic E-state index is 12.9. The van der Waals surface area contributed by atoms with Gasteiger partial charge in [-0.1, -0.05) is 23.8 Å². The molecule has 0 saturated carbocycles. The lowest BCUT2D eigenvalue weighted by Crippen LogP contribution is -2.25. The minimum absolute atomic E-state index is 0.0140. The number of aryl methyl sites for hydroxylation is 3. The molecule has 0 spiro atoms. The maximum absolute atomic E-state index is 12.9. The summed E-state index contributed by atoms with van der Waals surface area (Å²) in [5.41, 5.74) is 4.88. The van der Waals surface area contributed by atoms with Crippen molar-refractivity contribution in [2.45, 2.75) is 39.1 Å². The summed E-state index contributed by atoms with van der Waals surface area (Å²) in [5, 5.41) is 2.83. The number of anilines is 1. The van der Waals surface area contributed by atoms with Crippen molar-refractivity contribution in [1.29, 1.82) is 0 Å². The van der Waals surface area contributed by atoms with Crippen molar-refractivity contribution >= 4 is 21.6 Å². The van der Waals surface area contributed by atoms with Crippen LogP contribution in [0.25, 0.3) is 0 Å². The topological polar surface area (TPSA) is 97.4 Å². The van der Waals surface area contributed by atoms with Crippen LogP contribution in [0.5, 0.6) is 5.75 Å². The number of carbonyl (C=O) groups is 1. The number of ether oxygens (including phenoxy) is 1. The van der Waals surface area contributed by atoms with Crippen molar-refractivity contribution in [3.8, 4) is 5.75 Å². The van der Waals surface area contributed by atoms with E-state index in [4.69, 9.17) is 4.74 Å². The number of benzene rings is 2. The summed E-state index contributed by atoms with van der Waals surface area (Å²) in [7, 11) is -2.25. The van der Waals surface area contributed by atoms with Crippen LogP contribution >= 0.6 is 0 Å². The highest BCUT2D eigenvalue weighted by Crippen LogP contribution is 2.24. The molecule has 8 heteroatoms. The molecule has 168 valence electrons. The second-order valence-corrected chi connectivity index (χ2v) is 9.36. The molecule has 1 aromatic heterocycles. The number of carbonyl (C=O) groups excluding carboxylic acids is 1. The fourth-order valence-electron chi connectivity index (χ4n) is 3.36. The van der Waals surface area contributed by atoms with Crippen molar-refractivity contribution in [3.05, 3.63) is 82.2 Å². The monoisotopic (exact) mass is 453 g/mol. The number of sulfonamides is 1. The normalized spacial score (nSPS) is 11.2. The average molecular weight is 454 g/mol. The predicted molar refractivity (Wildman–Crippen MR) is 125 cm³/mol. The standard InChI is InChI=1S/C24H27N3O4S/c1-15-6-9-19(10-7-15)27-32(29,30)20-11-8-16(2)21(12-20)24(28)26-14-22-18(4)23(31-5)17(3)13-25-22/h6-13,27H,14H2,1-5H3,(H,26,28). The Kier molecular flexibility index (Phi) is 6.84. The van der Waals surface area contributed by atoms with Gasteiger partial charge in [0.25, 0.3) is 15.9 Å². The highest BCUT2D eigenvalue weighted by atomic mass is 32.2. The molecule has 0 aliphatic heterocycles. The molecule has 32 heavy (non-hydrogen) atoms. The first-order chi connectivity index (χ1) is 15.1. The van der Waals surface area contributed by atoms with E-state index in [-0.39, 0.29) is 22.9 Å². The number of aromatic nitrogens is 1. The van der Waals surface area contributed by atoms with Gasteiger partial charge in [0, 0.05) is 28.6 Å². The zero-order chi connectivity index (χ0) is 23.5. The predicted octanol–water partition coefficient (Wildman–Crippen LogP) is 4.05. The van der Waals surface area contributed by atoms with Gasteiger partial charge in [-0.3, -0.25) is 14.5 Å². The molecular formula is C24H27N3O4S. The van der Waals surface area contributed by atoms with Gasteiger partial charge >= 0.3 is 0 Å². The van der Waals surface area contributed by atoms with E-state index in [9.17, 15) is 13.2 Å². The first kappa shape index (κ1) is 23.3. The van der Waals surface area contributed by atoms with E-state index in [1.165, 1.54) is 12.1 Å². The van der Waals surface area contributed by atoms with Crippen LogP contribution in [0.4, 0.5) is 5.69 Å². The lowest BCUT2D eigenvalue weighted by Gasteiger charge is -2.14. The molecule has 0 radical (unpaired) electrons. The maximum Gasteiger partial charge on any atom is 0.261 e. The summed E-state index contributed by atoms with van der Waals surface area (Å²) in [4.78, 5) is 17.3. The SMILES string of the molecule is COc1c(C)cnc(CNC(=O)c2cc(S(=O)(=O)Nc3ccc(C)cc3)ccc2C)c1C. The van der Waals surface area contributed by atoms with Crippen LogP contribution in [-0.4, -0.2) is 26.4 Å². The minimum Gasteiger partial charge on any atom is -0.496 e. The number of hydrogen-bond acceptors (Lipinski definition) is 5. The Morgan fingerprint density at radius 2 is 1.69 bits per heavy atom. The fraction of sp³-hybridized carbons (Fsp3) is 0.250. The highest BCUT2D eigenvalue weighted by molar-refractivity contribution is 7.92. The zero-order valence-electron chi connectivity index (χ0n) is 18.8. The van der Waals surface area contributed by atoms with Gasteiger partial charge in [0.1, 0.15) is 5.75 Å². The second kappa shape index (κ2) is 9.40. The van der Waals surface area contributed by atoms with Crippen molar-refractivity contribution in [3.63, 3.8) is 0 Å². The second-order valence-electron chi connectivity index (χ2n) is 7.68. The van der Waals surface area contributed by atoms with Crippen LogP contribution < -0.4 is 14.8 Å². The van der Waals surface area contributed by atoms with Gasteiger partial charge < -0.3 is 10.1 Å². The summed E-state index contributed by atoms with van der Waals surface area (Å²) < 4.78 is 33.6. The Morgan fingerprint density at radius 3 is 2.34 bits per heavy atom. The molecule has 0 atom stereocenters. The van der Waals surface area contributed by atoms with E-state index >= 15 is 0 Å². The Balaban J connectivity index is 1.81. The molecule has 1 heterocycles. The van der Waals surface area contributed by atoms with Crippen LogP contribution in [0.15, 0.2) is 53.6 Å². The fourth-order valence-corrected chi connectivity index (χ4v) is 4.44. The van der Waals surface area contributed by atoms with E-state index in [1.807, 2.05) is 32.9 Å². The van der Waals surface area contributed by atoms with Crippen LogP contribution in [0.3, 0.4) is 0 Å². The van der Waals surface area contributed by atoms with Crippen LogP contribution in [-0.2, 0) is 16.6 Å². The van der Waals surface area contributed by atoms with Gasteiger partial charge in [0.05, 0.1) is 24.2 Å². The largest absolute Gasteiger partial charge is 0.496 e. The van der Waals surface area contributed by atoms with Crippen LogP contribution in [0.1, 0.15) is 38.3 Å². The molecule has 0 unspecified atom stereocenters. The first-order valence-corrected chi connectivity index (χ1v) is 11.6. The molecule has 3 rings (SSSR count). The minimum atomic E-state index is -3.85. The molecule has 3 aromatic rings. The third-order valence-corrected chi connectivity index (χ3v) is 6.61. The van der Waals surface area contributed by atoms with Crippen molar-refractivity contribution in [2.24, 2.45) is 0 Å². The van der Waals surface area contributed by atoms with Crippen molar-refractivity contribution in [1.82, 2.24) is 10.3 Å². The molecule has 1 amide bonds. The quantitative estimate of drug-likeness (QED) is 0.562. The van der Waals surface area contributed by atoms with Gasteiger partial charge in [-0.05, 0) is 57.5 Å². The van der Waals surface area contributed by atoms with E-state index in [0.29, 0.717) is 16.9 Å². The number of hydrogen-bond donors (Lipinski definition) is 2. The molecular weight excluding hydrogens is 426 g/mol. The summed E-state index contributed by atoms with van der Waals surface area (Å²) in [6.45, 7) is 7.67. The molecule has 0 fully saturated rings. The van der Waals surface area contributed by atoms with Gasteiger partial charge in [0.2, 0.25) is 0 Å². The average Bonchev–Trinajstić information content (AvgIpc) is 2.75. The lowest BCUT2D eigenvalue weighted by molar-refractivity contribution is 0.0949. The van der Waals surface area contributed by atoms with Gasteiger partial charge in [-0.15, -0.1) is 0 Å². The number of nitrogens with one attached hydrogen (secondary N) is 2. The Labute approximate surface area is 188 Å². The number of methoxy groups -OCH3 is 1. The number of pyridine rings is 1. The van der Waals surface area contributed by atoms with E-state index in [2.05, 4.69) is 15.0 Å². The Morgan fingerprint density at radius 1 is 1.00 bits per heavy atom. The van der Waals surface area contributed by atoms with Gasteiger partial charge in [-0.2, -0.15) is 0 Å². The van der Waals surface area contributed by atoms with E-state index in [1.54, 1.807) is 38.4 Å². The summed E-state index contributed by atoms with van der Waals surface area (Å²) >= 11 is 0. The van der Waals surface area contributed by atoms with E-state index in [0.717, 1.165) is 22.4 Å². The Hall–Kier alpha value is -3.39. The third-order valence-electron chi connectivity index (χ3n) is 5.23. The number of amides is 1. The molecule has 7 nitrogen and oxygen atoms in total. The molecule has 0 saturated heterocycles. The molecule has 2 aromatic carbocycles. The number of rotatable bonds is 7. The van der Waals surface area contributed by atoms with Crippen molar-refractivity contribution in [2.75, 3.05) is 11.8 Å². The summed E-state index contributed by atoms with van der Waals surface area (Å²) in [5.74, 6) is 0.353. The summed E-state index contributed by atoms with van der Waals surface area (Å²) in [6, 6.07) is 11.5. The van der Waals surface area contributed by atoms with Crippen LogP contribution in [0.2, 0.25) is 0 Å². The molecule has 0 aliphatic carbocycles. The smallest absolute Gasteiger partial charge is 0.261 e. The molecule has 2 N–H and O–H groups in total. The molecule has 0 aliphatic rings. The van der Waals surface area contributed by atoms with Gasteiger partial charge in [0.15, 0.2) is 0 Å². The third kappa shape index (κ3) is 5.08. The van der Waals surface area contributed by atoms with E-state index < -0.39 is 10.0 Å². The number of nitrogens with zero attached hydrogens (tertiary/aromatic N) is 1. The van der Waals surface area contributed by atoms with Crippen molar-refractivity contribution < 1.29 is 17.9 Å².